The van der Waals surface area contributed by atoms with E-state index in [1.54, 1.807) is 0 Å². The summed E-state index contributed by atoms with van der Waals surface area (Å²) in [5, 5.41) is 3.39. The van der Waals surface area contributed by atoms with E-state index in [2.05, 4.69) is 9.68 Å². The first-order chi connectivity index (χ1) is 8.39. The molecule has 0 unspecified atom stereocenters. The molecule has 0 amide bonds. The highest BCUT2D eigenvalue weighted by Crippen LogP contribution is 2.32. The largest absolute Gasteiger partial charge is 0.421 e. The molecule has 3 nitrogen and oxygen atoms in total. The Morgan fingerprint density at radius 3 is 2.39 bits per heavy atom. The van der Waals surface area contributed by atoms with Crippen LogP contribution < -0.4 is 0 Å². The lowest BCUT2D eigenvalue weighted by Crippen LogP contribution is -2.11. The number of aromatic nitrogens is 1. The second-order valence-electron chi connectivity index (χ2n) is 3.40. The van der Waals surface area contributed by atoms with E-state index in [9.17, 15) is 18.0 Å². The smallest absolute Gasteiger partial charge is 0.352 e. The maximum absolute atomic E-state index is 12.5. The number of ketones is 1. The Morgan fingerprint density at radius 1 is 1.22 bits per heavy atom. The summed E-state index contributed by atoms with van der Waals surface area (Å²) in [6.45, 7) is 0. The lowest BCUT2D eigenvalue weighted by molar-refractivity contribution is -0.138. The van der Waals surface area contributed by atoms with Gasteiger partial charge in [-0.2, -0.15) is 13.2 Å². The van der Waals surface area contributed by atoms with Gasteiger partial charge in [-0.1, -0.05) is 16.8 Å². The molecule has 0 bridgehead atoms. The molecule has 1 heterocycles. The van der Waals surface area contributed by atoms with Gasteiger partial charge in [0.15, 0.2) is 0 Å². The van der Waals surface area contributed by atoms with Crippen LogP contribution in [0, 0.1) is 0 Å². The molecular weight excluding hydrogens is 271 g/mol. The number of nitrogens with zero attached hydrogens (tertiary/aromatic N) is 1. The Kier molecular flexibility index (Phi) is 3.13. The Balaban J connectivity index is 2.41. The summed E-state index contributed by atoms with van der Waals surface area (Å²) in [6.07, 6.45) is -4.21. The van der Waals surface area contributed by atoms with Gasteiger partial charge in [-0.05, 0) is 24.3 Å². The molecule has 0 fully saturated rings. The summed E-state index contributed by atoms with van der Waals surface area (Å²) >= 11 is 5.62. The fourth-order valence-corrected chi connectivity index (χ4v) is 1.46. The average Bonchev–Trinajstić information content (AvgIpc) is 2.77. The lowest BCUT2D eigenvalue weighted by atomic mass is 10.1. The van der Waals surface area contributed by atoms with E-state index in [1.165, 1.54) is 24.3 Å². The SMILES string of the molecule is O=C(c1ccc(Cl)cc1)c1oncc1C(F)(F)F. The molecule has 2 aromatic rings. The first-order valence-corrected chi connectivity index (χ1v) is 5.09. The van der Waals surface area contributed by atoms with Crippen molar-refractivity contribution in [2.75, 3.05) is 0 Å². The third-order valence-corrected chi connectivity index (χ3v) is 2.44. The zero-order chi connectivity index (χ0) is 13.3. The molecule has 2 rings (SSSR count). The molecule has 0 aliphatic heterocycles. The number of hydrogen-bond donors (Lipinski definition) is 0. The monoisotopic (exact) mass is 275 g/mol. The number of benzene rings is 1. The molecule has 94 valence electrons. The zero-order valence-corrected chi connectivity index (χ0v) is 9.42. The van der Waals surface area contributed by atoms with Gasteiger partial charge in [0.1, 0.15) is 5.56 Å². The minimum Gasteiger partial charge on any atom is -0.352 e. The van der Waals surface area contributed by atoms with Gasteiger partial charge in [0.2, 0.25) is 11.5 Å². The number of halogens is 4. The van der Waals surface area contributed by atoms with Crippen molar-refractivity contribution in [3.63, 3.8) is 0 Å². The normalized spacial score (nSPS) is 11.6. The summed E-state index contributed by atoms with van der Waals surface area (Å²) < 4.78 is 42.0. The zero-order valence-electron chi connectivity index (χ0n) is 8.66. The Bertz CT molecular complexity index is 575. The second-order valence-corrected chi connectivity index (χ2v) is 3.84. The van der Waals surface area contributed by atoms with Crippen molar-refractivity contribution < 1.29 is 22.5 Å². The summed E-state index contributed by atoms with van der Waals surface area (Å²) in [6, 6.07) is 5.43. The predicted molar refractivity (Wildman–Crippen MR) is 56.4 cm³/mol. The molecule has 0 spiro atoms. The van der Waals surface area contributed by atoms with Gasteiger partial charge >= 0.3 is 6.18 Å². The third-order valence-electron chi connectivity index (χ3n) is 2.19. The van der Waals surface area contributed by atoms with E-state index >= 15 is 0 Å². The highest BCUT2D eigenvalue weighted by molar-refractivity contribution is 6.30. The van der Waals surface area contributed by atoms with Crippen molar-refractivity contribution in [3.05, 3.63) is 52.4 Å². The van der Waals surface area contributed by atoms with Crippen molar-refractivity contribution >= 4 is 17.4 Å². The molecule has 18 heavy (non-hydrogen) atoms. The molecule has 0 aliphatic rings. The van der Waals surface area contributed by atoms with Gasteiger partial charge in [0, 0.05) is 10.6 Å². The standard InChI is InChI=1S/C11H5ClF3NO2/c12-7-3-1-6(2-4-7)9(17)10-8(5-16-18-10)11(13,14)15/h1-5H. The molecule has 0 N–H and O–H groups in total. The fourth-order valence-electron chi connectivity index (χ4n) is 1.34. The van der Waals surface area contributed by atoms with E-state index < -0.39 is 23.3 Å². The van der Waals surface area contributed by atoms with Gasteiger partial charge in [-0.25, -0.2) is 0 Å². The van der Waals surface area contributed by atoms with Crippen LogP contribution in [0.25, 0.3) is 0 Å². The van der Waals surface area contributed by atoms with Crippen LogP contribution in [0.3, 0.4) is 0 Å². The Labute approximate surface area is 104 Å². The minimum atomic E-state index is -4.68. The lowest BCUT2D eigenvalue weighted by Gasteiger charge is -2.04. The molecule has 0 aliphatic carbocycles. The van der Waals surface area contributed by atoms with E-state index in [1.807, 2.05) is 0 Å². The number of alkyl halides is 3. The van der Waals surface area contributed by atoms with E-state index in [4.69, 9.17) is 11.6 Å². The van der Waals surface area contributed by atoms with Crippen LogP contribution in [0.15, 0.2) is 35.0 Å². The third kappa shape index (κ3) is 2.38. The summed E-state index contributed by atoms with van der Waals surface area (Å²) in [5.74, 6) is -1.72. The molecule has 1 aromatic heterocycles. The quantitative estimate of drug-likeness (QED) is 0.787. The molecule has 0 atom stereocenters. The highest BCUT2D eigenvalue weighted by Gasteiger charge is 2.38. The highest BCUT2D eigenvalue weighted by atomic mass is 35.5. The molecule has 0 radical (unpaired) electrons. The van der Waals surface area contributed by atoms with Crippen LogP contribution >= 0.6 is 11.6 Å². The summed E-state index contributed by atoms with van der Waals surface area (Å²) in [5.41, 5.74) is -1.15. The van der Waals surface area contributed by atoms with Crippen LogP contribution in [0.5, 0.6) is 0 Å². The number of carbonyl (C=O) groups excluding carboxylic acids is 1. The second kappa shape index (κ2) is 4.45. The minimum absolute atomic E-state index is 0.0432. The van der Waals surface area contributed by atoms with Crippen molar-refractivity contribution in [2.45, 2.75) is 6.18 Å². The maximum atomic E-state index is 12.5. The van der Waals surface area contributed by atoms with Crippen LogP contribution in [0.2, 0.25) is 5.02 Å². The fraction of sp³-hybridized carbons (Fsp3) is 0.0909. The topological polar surface area (TPSA) is 43.1 Å². The van der Waals surface area contributed by atoms with Gasteiger partial charge in [-0.3, -0.25) is 4.79 Å². The Morgan fingerprint density at radius 2 is 1.83 bits per heavy atom. The maximum Gasteiger partial charge on any atom is 0.421 e. The molecule has 0 saturated carbocycles. The van der Waals surface area contributed by atoms with E-state index in [0.717, 1.165) is 0 Å². The molecule has 7 heteroatoms. The van der Waals surface area contributed by atoms with Crippen molar-refractivity contribution in [1.29, 1.82) is 0 Å². The molecule has 1 aromatic carbocycles. The Hall–Kier alpha value is -1.82. The number of carbonyl (C=O) groups is 1. The van der Waals surface area contributed by atoms with E-state index in [0.29, 0.717) is 11.2 Å². The molecular formula is C11H5ClF3NO2. The van der Waals surface area contributed by atoms with Crippen LogP contribution in [0.1, 0.15) is 21.7 Å². The number of rotatable bonds is 2. The van der Waals surface area contributed by atoms with Crippen molar-refractivity contribution in [2.24, 2.45) is 0 Å². The van der Waals surface area contributed by atoms with Crippen molar-refractivity contribution in [3.8, 4) is 0 Å². The van der Waals surface area contributed by atoms with E-state index in [-0.39, 0.29) is 5.56 Å². The van der Waals surface area contributed by atoms with Gasteiger partial charge < -0.3 is 4.52 Å². The molecule has 0 saturated heterocycles. The first-order valence-electron chi connectivity index (χ1n) is 4.71. The van der Waals surface area contributed by atoms with Crippen LogP contribution in [0.4, 0.5) is 13.2 Å². The van der Waals surface area contributed by atoms with Gasteiger partial charge in [0.25, 0.3) is 0 Å². The first kappa shape index (κ1) is 12.6. The average molecular weight is 276 g/mol. The predicted octanol–water partition coefficient (Wildman–Crippen LogP) is 3.58. The van der Waals surface area contributed by atoms with Gasteiger partial charge in [0.05, 0.1) is 6.20 Å². The van der Waals surface area contributed by atoms with Crippen LogP contribution in [-0.2, 0) is 6.18 Å². The summed E-state index contributed by atoms with van der Waals surface area (Å²) in [7, 11) is 0. The van der Waals surface area contributed by atoms with Crippen LogP contribution in [-0.4, -0.2) is 10.9 Å². The summed E-state index contributed by atoms with van der Waals surface area (Å²) in [4.78, 5) is 11.8. The number of hydrogen-bond acceptors (Lipinski definition) is 3. The van der Waals surface area contributed by atoms with Crippen molar-refractivity contribution in [1.82, 2.24) is 5.16 Å². The van der Waals surface area contributed by atoms with Gasteiger partial charge in [-0.15, -0.1) is 0 Å².